The van der Waals surface area contributed by atoms with Crippen molar-refractivity contribution in [2.24, 2.45) is 0 Å². The topological polar surface area (TPSA) is 69.4 Å². The molecule has 1 aliphatic carbocycles. The van der Waals surface area contributed by atoms with Crippen LogP contribution in [0.25, 0.3) is 0 Å². The highest BCUT2D eigenvalue weighted by atomic mass is 35.5. The van der Waals surface area contributed by atoms with Crippen LogP contribution in [-0.4, -0.2) is 17.5 Å². The highest BCUT2D eigenvalue weighted by molar-refractivity contribution is 6.24. The van der Waals surface area contributed by atoms with E-state index in [1.54, 1.807) is 6.92 Å². The highest BCUT2D eigenvalue weighted by Gasteiger charge is 2.38. The molecule has 1 aromatic carbocycles. The number of carbonyl (C=O) groups is 1. The molecule has 0 aliphatic heterocycles. The van der Waals surface area contributed by atoms with Crippen LogP contribution in [0.1, 0.15) is 55.7 Å². The molecule has 0 unspecified atom stereocenters. The van der Waals surface area contributed by atoms with Gasteiger partial charge < -0.3 is 4.74 Å². The largest absolute Gasteiger partial charge is 0.466 e. The Hall–Kier alpha value is -1.62. The summed E-state index contributed by atoms with van der Waals surface area (Å²) in [7, 11) is 0. The molecule has 0 amide bonds. The van der Waals surface area contributed by atoms with Crippen LogP contribution in [0.4, 0.5) is 5.69 Å². The Kier molecular flexibility index (Phi) is 5.63. The Morgan fingerprint density at radius 1 is 1.35 bits per heavy atom. The van der Waals surface area contributed by atoms with Crippen molar-refractivity contribution in [3.8, 4) is 0 Å². The molecule has 0 saturated heterocycles. The van der Waals surface area contributed by atoms with Crippen molar-refractivity contribution in [1.29, 1.82) is 0 Å². The number of halogens is 1. The first-order valence-corrected chi connectivity index (χ1v) is 8.38. The Morgan fingerprint density at radius 3 is 2.57 bits per heavy atom. The summed E-state index contributed by atoms with van der Waals surface area (Å²) in [4.78, 5) is 22.1. The van der Waals surface area contributed by atoms with Crippen molar-refractivity contribution in [2.75, 3.05) is 6.61 Å². The minimum atomic E-state index is -0.673. The second-order valence-corrected chi connectivity index (χ2v) is 6.80. The van der Waals surface area contributed by atoms with Gasteiger partial charge in [0.05, 0.1) is 28.4 Å². The maximum absolute atomic E-state index is 11.6. The summed E-state index contributed by atoms with van der Waals surface area (Å²) in [5.74, 6) is -0.382. The van der Waals surface area contributed by atoms with Gasteiger partial charge in [0.15, 0.2) is 0 Å². The van der Waals surface area contributed by atoms with E-state index in [1.165, 1.54) is 6.07 Å². The molecular formula is C17H22ClNO4. The van der Waals surface area contributed by atoms with Crippen LogP contribution in [0.15, 0.2) is 12.1 Å². The summed E-state index contributed by atoms with van der Waals surface area (Å²) in [5, 5.41) is 11.6. The number of benzene rings is 1. The van der Waals surface area contributed by atoms with Crippen LogP contribution in [-0.2, 0) is 20.8 Å². The molecular weight excluding hydrogens is 318 g/mol. The van der Waals surface area contributed by atoms with E-state index < -0.39 is 9.80 Å². The van der Waals surface area contributed by atoms with Gasteiger partial charge in [0.25, 0.3) is 5.69 Å². The minimum Gasteiger partial charge on any atom is -0.466 e. The number of nitro groups is 1. The molecule has 23 heavy (non-hydrogen) atoms. The first-order chi connectivity index (χ1) is 10.9. The standard InChI is InChI=1S/C17H22ClNO4/c1-3-23-15(20)11-13-9-12(2)16(14(10-13)19(21)22)17(18)7-5-4-6-8-17/h9-10H,3-8,11H2,1-2H3. The third-order valence-electron chi connectivity index (χ3n) is 4.32. The number of carbonyl (C=O) groups excluding carboxylic acids is 1. The molecule has 0 atom stereocenters. The van der Waals surface area contributed by atoms with Crippen molar-refractivity contribution in [1.82, 2.24) is 0 Å². The van der Waals surface area contributed by atoms with Gasteiger partial charge in [-0.3, -0.25) is 14.9 Å². The van der Waals surface area contributed by atoms with E-state index in [-0.39, 0.29) is 18.1 Å². The number of alkyl halides is 1. The fourth-order valence-electron chi connectivity index (χ4n) is 3.41. The highest BCUT2D eigenvalue weighted by Crippen LogP contribution is 2.48. The third-order valence-corrected chi connectivity index (χ3v) is 4.89. The van der Waals surface area contributed by atoms with E-state index in [0.29, 0.717) is 17.7 Å². The summed E-state index contributed by atoms with van der Waals surface area (Å²) in [5.41, 5.74) is 1.99. The molecule has 1 aliphatic rings. The second-order valence-electron chi connectivity index (χ2n) is 6.07. The number of esters is 1. The summed E-state index contributed by atoms with van der Waals surface area (Å²) in [6.07, 6.45) is 4.59. The maximum atomic E-state index is 11.6. The zero-order valence-electron chi connectivity index (χ0n) is 13.6. The van der Waals surface area contributed by atoms with Crippen LogP contribution in [0.3, 0.4) is 0 Å². The van der Waals surface area contributed by atoms with Crippen molar-refractivity contribution in [3.05, 3.63) is 38.9 Å². The van der Waals surface area contributed by atoms with Crippen molar-refractivity contribution < 1.29 is 14.5 Å². The molecule has 0 N–H and O–H groups in total. The zero-order chi connectivity index (χ0) is 17.0. The molecule has 0 radical (unpaired) electrons. The summed E-state index contributed by atoms with van der Waals surface area (Å²) >= 11 is 6.77. The lowest BCUT2D eigenvalue weighted by Crippen LogP contribution is -2.25. The molecule has 0 bridgehead atoms. The Morgan fingerprint density at radius 2 is 2.00 bits per heavy atom. The summed E-state index contributed by atoms with van der Waals surface area (Å²) < 4.78 is 4.92. The van der Waals surface area contributed by atoms with Gasteiger partial charge in [-0.1, -0.05) is 25.3 Å². The van der Waals surface area contributed by atoms with Crippen molar-refractivity contribution >= 4 is 23.3 Å². The van der Waals surface area contributed by atoms with E-state index in [2.05, 4.69) is 0 Å². The van der Waals surface area contributed by atoms with Crippen LogP contribution < -0.4 is 0 Å². The van der Waals surface area contributed by atoms with Gasteiger partial charge in [-0.25, -0.2) is 0 Å². The number of ether oxygens (including phenoxy) is 1. The van der Waals surface area contributed by atoms with Gasteiger partial charge >= 0.3 is 5.97 Å². The van der Waals surface area contributed by atoms with Gasteiger partial charge in [-0.05, 0) is 37.8 Å². The van der Waals surface area contributed by atoms with E-state index in [1.807, 2.05) is 13.0 Å². The number of aryl methyl sites for hydroxylation is 1. The molecule has 6 heteroatoms. The van der Waals surface area contributed by atoms with Gasteiger partial charge in [0.1, 0.15) is 0 Å². The molecule has 1 fully saturated rings. The second kappa shape index (κ2) is 7.30. The molecule has 126 valence electrons. The van der Waals surface area contributed by atoms with E-state index in [4.69, 9.17) is 16.3 Å². The quantitative estimate of drug-likeness (QED) is 0.345. The van der Waals surface area contributed by atoms with Gasteiger partial charge in [0, 0.05) is 6.07 Å². The Balaban J connectivity index is 2.43. The summed E-state index contributed by atoms with van der Waals surface area (Å²) in [6.45, 7) is 3.85. The lowest BCUT2D eigenvalue weighted by molar-refractivity contribution is -0.386. The number of hydrogen-bond acceptors (Lipinski definition) is 4. The predicted molar refractivity (Wildman–Crippen MR) is 88.8 cm³/mol. The van der Waals surface area contributed by atoms with Crippen molar-refractivity contribution in [3.63, 3.8) is 0 Å². The molecule has 2 rings (SSSR count). The lowest BCUT2D eigenvalue weighted by Gasteiger charge is -2.32. The lowest BCUT2D eigenvalue weighted by atomic mass is 9.80. The molecule has 1 saturated carbocycles. The fourth-order valence-corrected chi connectivity index (χ4v) is 3.92. The normalized spacial score (nSPS) is 16.8. The van der Waals surface area contributed by atoms with E-state index in [0.717, 1.165) is 37.7 Å². The number of hydrogen-bond donors (Lipinski definition) is 0. The Bertz CT molecular complexity index is 609. The smallest absolute Gasteiger partial charge is 0.310 e. The average Bonchev–Trinajstić information content (AvgIpc) is 2.47. The van der Waals surface area contributed by atoms with Crippen LogP contribution in [0.5, 0.6) is 0 Å². The van der Waals surface area contributed by atoms with E-state index in [9.17, 15) is 14.9 Å². The van der Waals surface area contributed by atoms with Gasteiger partial charge in [-0.15, -0.1) is 11.6 Å². The fraction of sp³-hybridized carbons (Fsp3) is 0.588. The predicted octanol–water partition coefficient (Wildman–Crippen LogP) is 4.41. The van der Waals surface area contributed by atoms with Crippen LogP contribution in [0.2, 0.25) is 0 Å². The number of rotatable bonds is 5. The zero-order valence-corrected chi connectivity index (χ0v) is 14.3. The SMILES string of the molecule is CCOC(=O)Cc1cc(C)c(C2(Cl)CCCCC2)c([N+](=O)[O-])c1. The maximum Gasteiger partial charge on any atom is 0.310 e. The third kappa shape index (κ3) is 4.02. The minimum absolute atomic E-state index is 0.0150. The average molecular weight is 340 g/mol. The monoisotopic (exact) mass is 339 g/mol. The molecule has 0 heterocycles. The first kappa shape index (κ1) is 17.7. The van der Waals surface area contributed by atoms with Crippen LogP contribution >= 0.6 is 11.6 Å². The molecule has 0 spiro atoms. The van der Waals surface area contributed by atoms with Gasteiger partial charge in [0.2, 0.25) is 0 Å². The number of nitrogens with zero attached hydrogens (tertiary/aromatic N) is 1. The Labute approximate surface area is 141 Å². The molecule has 5 nitrogen and oxygen atoms in total. The van der Waals surface area contributed by atoms with Crippen molar-refractivity contribution in [2.45, 2.75) is 57.2 Å². The van der Waals surface area contributed by atoms with Gasteiger partial charge in [-0.2, -0.15) is 0 Å². The first-order valence-electron chi connectivity index (χ1n) is 8.00. The number of nitro benzene ring substituents is 1. The molecule has 1 aromatic rings. The van der Waals surface area contributed by atoms with Crippen LogP contribution in [0, 0.1) is 17.0 Å². The summed E-state index contributed by atoms with van der Waals surface area (Å²) in [6, 6.07) is 3.29. The molecule has 0 aromatic heterocycles. The van der Waals surface area contributed by atoms with E-state index >= 15 is 0 Å².